The topological polar surface area (TPSA) is 42.7 Å². The first kappa shape index (κ1) is 19.0. The highest BCUT2D eigenvalue weighted by Crippen LogP contribution is 2.19. The molecule has 0 radical (unpaired) electrons. The first-order valence-electron chi connectivity index (χ1n) is 8.71. The molecule has 0 bridgehead atoms. The molecular weight excluding hydrogens is 316 g/mol. The summed E-state index contributed by atoms with van der Waals surface area (Å²) in [5.74, 6) is 0.809. The van der Waals surface area contributed by atoms with Crippen LogP contribution in [0.4, 0.5) is 4.79 Å². The monoisotopic (exact) mass is 345 g/mol. The zero-order chi connectivity index (χ0) is 18.4. The second-order valence-corrected chi connectivity index (χ2v) is 7.32. The second-order valence-electron chi connectivity index (χ2n) is 7.32. The van der Waals surface area contributed by atoms with Gasteiger partial charge in [-0.1, -0.05) is 18.7 Å². The number of aromatic nitrogens is 1. The molecule has 25 heavy (non-hydrogen) atoms. The Morgan fingerprint density at radius 1 is 1.40 bits per heavy atom. The highest BCUT2D eigenvalue weighted by atomic mass is 16.6. The fraction of sp³-hybridized carbons (Fsp3) is 0.500. The number of hydrogen-bond donors (Lipinski definition) is 0. The van der Waals surface area contributed by atoms with Crippen molar-refractivity contribution in [2.45, 2.75) is 52.4 Å². The van der Waals surface area contributed by atoms with Crippen LogP contribution in [0, 0.1) is 0 Å². The van der Waals surface area contributed by atoms with Crippen molar-refractivity contribution in [3.05, 3.63) is 48.8 Å². The summed E-state index contributed by atoms with van der Waals surface area (Å²) in [6, 6.07) is 3.89. The molecule has 2 heterocycles. The Bertz CT molecular complexity index is 629. The molecule has 1 amide bonds. The van der Waals surface area contributed by atoms with Crippen LogP contribution in [-0.2, 0) is 11.3 Å². The van der Waals surface area contributed by atoms with Gasteiger partial charge in [-0.3, -0.25) is 0 Å². The van der Waals surface area contributed by atoms with E-state index in [1.54, 1.807) is 4.90 Å². The second kappa shape index (κ2) is 8.19. The number of hydrogen-bond acceptors (Lipinski definition) is 3. The number of carbonyl (C=O) groups is 1. The quantitative estimate of drug-likeness (QED) is 0.606. The lowest BCUT2D eigenvalue weighted by Gasteiger charge is -2.24. The Balaban J connectivity index is 1.85. The molecule has 136 valence electrons. The van der Waals surface area contributed by atoms with Crippen LogP contribution in [0.25, 0.3) is 0 Å². The van der Waals surface area contributed by atoms with E-state index >= 15 is 0 Å². The number of ether oxygens (including phenoxy) is 2. The predicted octanol–water partition coefficient (Wildman–Crippen LogP) is 3.49. The van der Waals surface area contributed by atoms with Crippen molar-refractivity contribution in [3.8, 4) is 5.75 Å². The number of rotatable bonds is 5. The Hall–Kier alpha value is -2.30. The summed E-state index contributed by atoms with van der Waals surface area (Å²) in [5, 5.41) is 0. The standard InChI is InChI=1S/C20H29N2O3/c1-6-7-16(2)14-21-11-8-17(9-12-21)24-18-10-13-22(15-18)19(23)25-20(3,4)5/h6-9,11-12,18H,2,10,13-15H2,1,3-5H3/q+1/b7-6-. The van der Waals surface area contributed by atoms with Gasteiger partial charge < -0.3 is 14.4 Å². The Morgan fingerprint density at radius 2 is 2.08 bits per heavy atom. The van der Waals surface area contributed by atoms with E-state index in [1.807, 2.05) is 64.4 Å². The van der Waals surface area contributed by atoms with Gasteiger partial charge in [-0.05, 0) is 27.7 Å². The lowest BCUT2D eigenvalue weighted by atomic mass is 10.2. The van der Waals surface area contributed by atoms with E-state index in [0.29, 0.717) is 13.1 Å². The van der Waals surface area contributed by atoms with Gasteiger partial charge >= 0.3 is 6.09 Å². The van der Waals surface area contributed by atoms with Crippen molar-refractivity contribution >= 4 is 6.09 Å². The number of likely N-dealkylation sites (tertiary alicyclic amines) is 1. The maximum absolute atomic E-state index is 12.1. The van der Waals surface area contributed by atoms with E-state index in [1.165, 1.54) is 0 Å². The Kier molecular flexibility index (Phi) is 6.23. The van der Waals surface area contributed by atoms with Gasteiger partial charge in [-0.2, -0.15) is 0 Å². The van der Waals surface area contributed by atoms with Gasteiger partial charge in [0, 0.05) is 30.7 Å². The zero-order valence-electron chi connectivity index (χ0n) is 15.7. The van der Waals surface area contributed by atoms with Crippen molar-refractivity contribution in [1.82, 2.24) is 4.90 Å². The molecule has 0 aromatic carbocycles. The molecule has 0 N–H and O–H groups in total. The van der Waals surface area contributed by atoms with E-state index in [2.05, 4.69) is 11.1 Å². The van der Waals surface area contributed by atoms with Gasteiger partial charge in [0.05, 0.1) is 6.54 Å². The molecule has 2 rings (SSSR count). The third-order valence-corrected chi connectivity index (χ3v) is 3.75. The van der Waals surface area contributed by atoms with Crippen molar-refractivity contribution in [3.63, 3.8) is 0 Å². The van der Waals surface area contributed by atoms with Crippen molar-refractivity contribution in [2.75, 3.05) is 13.1 Å². The van der Waals surface area contributed by atoms with Crippen LogP contribution >= 0.6 is 0 Å². The molecule has 1 aromatic rings. The van der Waals surface area contributed by atoms with Crippen LogP contribution in [0.15, 0.2) is 48.8 Å². The molecule has 5 nitrogen and oxygen atoms in total. The summed E-state index contributed by atoms with van der Waals surface area (Å²) in [6.07, 6.45) is 8.48. The zero-order valence-corrected chi connectivity index (χ0v) is 15.7. The molecule has 1 atom stereocenters. The van der Waals surface area contributed by atoms with E-state index in [4.69, 9.17) is 9.47 Å². The lowest BCUT2D eigenvalue weighted by molar-refractivity contribution is -0.688. The van der Waals surface area contributed by atoms with Gasteiger partial charge in [-0.15, -0.1) is 0 Å². The maximum atomic E-state index is 12.1. The Morgan fingerprint density at radius 3 is 2.68 bits per heavy atom. The first-order valence-corrected chi connectivity index (χ1v) is 8.71. The maximum Gasteiger partial charge on any atom is 0.410 e. The van der Waals surface area contributed by atoms with Gasteiger partial charge in [0.1, 0.15) is 17.5 Å². The van der Waals surface area contributed by atoms with Gasteiger partial charge in [-0.25, -0.2) is 9.36 Å². The highest BCUT2D eigenvalue weighted by molar-refractivity contribution is 5.68. The summed E-state index contributed by atoms with van der Waals surface area (Å²) in [7, 11) is 0. The van der Waals surface area contributed by atoms with Gasteiger partial charge in [0.25, 0.3) is 0 Å². The SMILES string of the molecule is C=C(/C=C\C)C[n+]1ccc(OC2CCN(C(=O)OC(C)(C)C)C2)cc1. The molecule has 1 fully saturated rings. The molecule has 0 spiro atoms. The third kappa shape index (κ3) is 6.25. The fourth-order valence-corrected chi connectivity index (χ4v) is 2.66. The van der Waals surface area contributed by atoms with E-state index < -0.39 is 5.60 Å². The summed E-state index contributed by atoms with van der Waals surface area (Å²) < 4.78 is 13.5. The smallest absolute Gasteiger partial charge is 0.410 e. The molecule has 0 saturated carbocycles. The van der Waals surface area contributed by atoms with Crippen molar-refractivity contribution in [1.29, 1.82) is 0 Å². The average molecular weight is 345 g/mol. The molecule has 5 heteroatoms. The largest absolute Gasteiger partial charge is 0.488 e. The minimum absolute atomic E-state index is 0.00126. The minimum Gasteiger partial charge on any atom is -0.488 e. The van der Waals surface area contributed by atoms with E-state index in [9.17, 15) is 4.79 Å². The number of carbonyl (C=O) groups excluding carboxylic acids is 1. The number of allylic oxidation sites excluding steroid dienone is 3. The van der Waals surface area contributed by atoms with E-state index in [0.717, 1.165) is 24.3 Å². The summed E-state index contributed by atoms with van der Waals surface area (Å²) >= 11 is 0. The van der Waals surface area contributed by atoms with Crippen LogP contribution in [0.5, 0.6) is 5.75 Å². The van der Waals surface area contributed by atoms with Crippen LogP contribution < -0.4 is 9.30 Å². The molecule has 1 saturated heterocycles. The summed E-state index contributed by atoms with van der Waals surface area (Å²) in [5.41, 5.74) is 0.574. The molecule has 1 aromatic heterocycles. The van der Waals surface area contributed by atoms with E-state index in [-0.39, 0.29) is 12.2 Å². The predicted molar refractivity (Wildman–Crippen MR) is 97.4 cm³/mol. The molecule has 1 aliphatic heterocycles. The highest BCUT2D eigenvalue weighted by Gasteiger charge is 2.30. The molecule has 0 aliphatic carbocycles. The fourth-order valence-electron chi connectivity index (χ4n) is 2.66. The van der Waals surface area contributed by atoms with Crippen LogP contribution in [0.2, 0.25) is 0 Å². The number of pyridine rings is 1. The molecule has 1 aliphatic rings. The molecule has 1 unspecified atom stereocenters. The minimum atomic E-state index is -0.472. The van der Waals surface area contributed by atoms with Gasteiger partial charge in [0.2, 0.25) is 0 Å². The Labute approximate surface area is 150 Å². The number of nitrogens with zero attached hydrogens (tertiary/aromatic N) is 2. The normalized spacial score (nSPS) is 17.8. The van der Waals surface area contributed by atoms with Crippen molar-refractivity contribution < 1.29 is 18.8 Å². The summed E-state index contributed by atoms with van der Waals surface area (Å²) in [6.45, 7) is 13.6. The average Bonchev–Trinajstić information content (AvgIpc) is 2.96. The number of amides is 1. The van der Waals surface area contributed by atoms with Crippen LogP contribution in [-0.4, -0.2) is 35.8 Å². The third-order valence-electron chi connectivity index (χ3n) is 3.75. The van der Waals surface area contributed by atoms with Crippen LogP contribution in [0.1, 0.15) is 34.1 Å². The van der Waals surface area contributed by atoms with Crippen LogP contribution in [0.3, 0.4) is 0 Å². The van der Waals surface area contributed by atoms with Crippen molar-refractivity contribution in [2.24, 2.45) is 0 Å². The summed E-state index contributed by atoms with van der Waals surface area (Å²) in [4.78, 5) is 13.8. The lowest BCUT2D eigenvalue weighted by Crippen LogP contribution is -2.36. The van der Waals surface area contributed by atoms with Gasteiger partial charge in [0.15, 0.2) is 18.9 Å². The first-order chi connectivity index (χ1) is 11.8. The molecular formula is C20H29N2O3+.